The second-order valence-corrected chi connectivity index (χ2v) is 7.80. The Labute approximate surface area is 169 Å². The highest BCUT2D eigenvalue weighted by molar-refractivity contribution is 6.06. The topological polar surface area (TPSA) is 59.6 Å². The first-order chi connectivity index (χ1) is 14.1. The maximum absolute atomic E-state index is 13.5. The van der Waals surface area contributed by atoms with Crippen LogP contribution in [0.5, 0.6) is 0 Å². The standard InChI is InChI=1S/C23H24FN3O2/c1-16-9-11-27(12-10-16)14-17-5-7-20(8-6-17)26-23(28)21-22(29-15-25-21)18-3-2-4-19(24)13-18/h2-8,13,15-16H,9-12,14H2,1H3,(H,26,28)/p+1. The van der Waals surface area contributed by atoms with Crippen molar-refractivity contribution in [2.24, 2.45) is 5.92 Å². The van der Waals surface area contributed by atoms with Crippen LogP contribution in [0, 0.1) is 11.7 Å². The predicted molar refractivity (Wildman–Crippen MR) is 109 cm³/mol. The van der Waals surface area contributed by atoms with Crippen molar-refractivity contribution >= 4 is 11.6 Å². The number of hydrogen-bond donors (Lipinski definition) is 2. The van der Waals surface area contributed by atoms with E-state index in [0.29, 0.717) is 11.3 Å². The summed E-state index contributed by atoms with van der Waals surface area (Å²) < 4.78 is 18.8. The van der Waals surface area contributed by atoms with E-state index in [1.54, 1.807) is 17.0 Å². The van der Waals surface area contributed by atoms with E-state index < -0.39 is 5.82 Å². The van der Waals surface area contributed by atoms with Crippen molar-refractivity contribution in [1.82, 2.24) is 4.98 Å². The van der Waals surface area contributed by atoms with Crippen molar-refractivity contribution in [2.45, 2.75) is 26.3 Å². The van der Waals surface area contributed by atoms with Crippen molar-refractivity contribution in [2.75, 3.05) is 18.4 Å². The fourth-order valence-corrected chi connectivity index (χ4v) is 3.77. The van der Waals surface area contributed by atoms with Gasteiger partial charge in [0.25, 0.3) is 5.91 Å². The highest BCUT2D eigenvalue weighted by Crippen LogP contribution is 2.24. The highest BCUT2D eigenvalue weighted by Gasteiger charge is 2.20. The molecule has 0 saturated carbocycles. The molecular formula is C23H25FN3O2+. The van der Waals surface area contributed by atoms with Crippen LogP contribution in [0.25, 0.3) is 11.3 Å². The Hall–Kier alpha value is -2.99. The SMILES string of the molecule is CC1CC[NH+](Cc2ccc(NC(=O)c3ncoc3-c3cccc(F)c3)cc2)CC1. The first-order valence-corrected chi connectivity index (χ1v) is 10.0. The van der Waals surface area contributed by atoms with Crippen LogP contribution in [0.4, 0.5) is 10.1 Å². The lowest BCUT2D eigenvalue weighted by Crippen LogP contribution is -3.11. The van der Waals surface area contributed by atoms with Crippen LogP contribution in [0.15, 0.2) is 59.3 Å². The lowest BCUT2D eigenvalue weighted by molar-refractivity contribution is -0.919. The van der Waals surface area contributed by atoms with Crippen LogP contribution in [0.1, 0.15) is 35.8 Å². The van der Waals surface area contributed by atoms with E-state index in [-0.39, 0.29) is 17.4 Å². The van der Waals surface area contributed by atoms with Crippen molar-refractivity contribution < 1.29 is 18.5 Å². The van der Waals surface area contributed by atoms with Gasteiger partial charge in [-0.3, -0.25) is 4.79 Å². The predicted octanol–water partition coefficient (Wildman–Crippen LogP) is 3.55. The molecule has 1 fully saturated rings. The largest absolute Gasteiger partial charge is 0.443 e. The van der Waals surface area contributed by atoms with Crippen molar-refractivity contribution in [1.29, 1.82) is 0 Å². The number of carbonyl (C=O) groups excluding carboxylic acids is 1. The zero-order chi connectivity index (χ0) is 20.2. The maximum Gasteiger partial charge on any atom is 0.278 e. The number of carbonyl (C=O) groups is 1. The summed E-state index contributed by atoms with van der Waals surface area (Å²) in [6.45, 7) is 5.76. The molecule has 2 aromatic carbocycles. The molecule has 0 spiro atoms. The van der Waals surface area contributed by atoms with Gasteiger partial charge in [0.1, 0.15) is 12.4 Å². The molecule has 1 aliphatic rings. The Morgan fingerprint density at radius 1 is 1.21 bits per heavy atom. The van der Waals surface area contributed by atoms with Crippen molar-refractivity contribution in [3.8, 4) is 11.3 Å². The number of likely N-dealkylation sites (tertiary alicyclic amines) is 1. The van der Waals surface area contributed by atoms with Crippen LogP contribution >= 0.6 is 0 Å². The average molecular weight is 394 g/mol. The third-order valence-electron chi connectivity index (χ3n) is 5.52. The molecule has 1 aliphatic heterocycles. The summed E-state index contributed by atoms with van der Waals surface area (Å²) >= 11 is 0. The van der Waals surface area contributed by atoms with Gasteiger partial charge < -0.3 is 14.6 Å². The summed E-state index contributed by atoms with van der Waals surface area (Å²) in [5.74, 6) is 0.305. The summed E-state index contributed by atoms with van der Waals surface area (Å²) in [5, 5.41) is 2.84. The van der Waals surface area contributed by atoms with E-state index in [9.17, 15) is 9.18 Å². The number of hydrogen-bond acceptors (Lipinski definition) is 3. The molecule has 2 heterocycles. The average Bonchev–Trinajstić information content (AvgIpc) is 3.21. The monoisotopic (exact) mass is 394 g/mol. The number of anilines is 1. The van der Waals surface area contributed by atoms with Gasteiger partial charge in [-0.2, -0.15) is 0 Å². The molecule has 6 heteroatoms. The summed E-state index contributed by atoms with van der Waals surface area (Å²) in [4.78, 5) is 18.3. The van der Waals surface area contributed by atoms with E-state index in [1.807, 2.05) is 12.1 Å². The Kier molecular flexibility index (Phi) is 5.71. The summed E-state index contributed by atoms with van der Waals surface area (Å²) in [7, 11) is 0. The smallest absolute Gasteiger partial charge is 0.278 e. The Balaban J connectivity index is 1.41. The number of aromatic nitrogens is 1. The highest BCUT2D eigenvalue weighted by atomic mass is 19.1. The fraction of sp³-hybridized carbons (Fsp3) is 0.304. The Morgan fingerprint density at radius 3 is 2.69 bits per heavy atom. The molecule has 5 nitrogen and oxygen atoms in total. The summed E-state index contributed by atoms with van der Waals surface area (Å²) in [5.41, 5.74) is 2.55. The summed E-state index contributed by atoms with van der Waals surface area (Å²) in [6, 6.07) is 13.8. The van der Waals surface area contributed by atoms with Crippen LogP contribution in [0.2, 0.25) is 0 Å². The molecule has 2 N–H and O–H groups in total. The van der Waals surface area contributed by atoms with Gasteiger partial charge in [0.2, 0.25) is 0 Å². The first-order valence-electron chi connectivity index (χ1n) is 10.0. The number of rotatable bonds is 5. The second-order valence-electron chi connectivity index (χ2n) is 7.80. The van der Waals surface area contributed by atoms with E-state index in [1.165, 1.54) is 50.0 Å². The molecule has 150 valence electrons. The molecule has 0 atom stereocenters. The van der Waals surface area contributed by atoms with Gasteiger partial charge in [-0.15, -0.1) is 0 Å². The van der Waals surface area contributed by atoms with Gasteiger partial charge in [0, 0.05) is 16.8 Å². The number of amides is 1. The molecular weight excluding hydrogens is 369 g/mol. The van der Waals surface area contributed by atoms with Gasteiger partial charge in [-0.1, -0.05) is 31.2 Å². The quantitative estimate of drug-likeness (QED) is 0.696. The molecule has 1 saturated heterocycles. The van der Waals surface area contributed by atoms with E-state index in [0.717, 1.165) is 12.5 Å². The first kappa shape index (κ1) is 19.3. The van der Waals surface area contributed by atoms with E-state index in [2.05, 4.69) is 29.4 Å². The third kappa shape index (κ3) is 4.71. The van der Waals surface area contributed by atoms with Gasteiger partial charge in [0.15, 0.2) is 17.8 Å². The maximum atomic E-state index is 13.5. The zero-order valence-electron chi connectivity index (χ0n) is 16.5. The molecule has 29 heavy (non-hydrogen) atoms. The minimum atomic E-state index is -0.397. The number of benzene rings is 2. The number of nitrogens with one attached hydrogen (secondary N) is 2. The van der Waals surface area contributed by atoms with Crippen LogP contribution < -0.4 is 10.2 Å². The number of oxazole rings is 1. The second kappa shape index (κ2) is 8.57. The fourth-order valence-electron chi connectivity index (χ4n) is 3.77. The minimum absolute atomic E-state index is 0.131. The lowest BCUT2D eigenvalue weighted by Gasteiger charge is -2.27. The summed E-state index contributed by atoms with van der Waals surface area (Å²) in [6.07, 6.45) is 3.77. The third-order valence-corrected chi connectivity index (χ3v) is 5.52. The Morgan fingerprint density at radius 2 is 1.97 bits per heavy atom. The number of piperidine rings is 1. The van der Waals surface area contributed by atoms with Gasteiger partial charge >= 0.3 is 0 Å². The molecule has 0 aliphatic carbocycles. The lowest BCUT2D eigenvalue weighted by atomic mass is 9.99. The van der Waals surface area contributed by atoms with Crippen LogP contribution in [-0.4, -0.2) is 24.0 Å². The molecule has 0 unspecified atom stereocenters. The van der Waals surface area contributed by atoms with Gasteiger partial charge in [-0.05, 0) is 43.0 Å². The Bertz CT molecular complexity index is 976. The zero-order valence-corrected chi connectivity index (χ0v) is 16.5. The molecule has 1 aromatic heterocycles. The number of quaternary nitrogens is 1. The van der Waals surface area contributed by atoms with Crippen molar-refractivity contribution in [3.05, 3.63) is 72.0 Å². The van der Waals surface area contributed by atoms with Crippen molar-refractivity contribution in [3.63, 3.8) is 0 Å². The molecule has 4 rings (SSSR count). The van der Waals surface area contributed by atoms with E-state index >= 15 is 0 Å². The molecule has 0 radical (unpaired) electrons. The van der Waals surface area contributed by atoms with Crippen LogP contribution in [0.3, 0.4) is 0 Å². The molecule has 3 aromatic rings. The number of halogens is 1. The minimum Gasteiger partial charge on any atom is -0.443 e. The molecule has 0 bridgehead atoms. The van der Waals surface area contributed by atoms with Crippen LogP contribution in [-0.2, 0) is 6.54 Å². The molecule has 1 amide bonds. The normalized spacial score (nSPS) is 19.1. The van der Waals surface area contributed by atoms with Gasteiger partial charge in [-0.25, -0.2) is 9.37 Å². The number of nitrogens with zero attached hydrogens (tertiary/aromatic N) is 1. The van der Waals surface area contributed by atoms with Gasteiger partial charge in [0.05, 0.1) is 13.1 Å². The van der Waals surface area contributed by atoms with E-state index in [4.69, 9.17) is 4.42 Å².